The number of benzene rings is 3. The second-order valence-electron chi connectivity index (χ2n) is 6.07. The number of anilines is 1. The second kappa shape index (κ2) is 6.65. The summed E-state index contributed by atoms with van der Waals surface area (Å²) >= 11 is 5.97. The third-order valence-electron chi connectivity index (χ3n) is 4.13. The van der Waals surface area contributed by atoms with E-state index in [1.54, 1.807) is 42.5 Å². The van der Waals surface area contributed by atoms with Crippen LogP contribution in [0, 0.1) is 6.92 Å². The maximum atomic E-state index is 12.6. The molecule has 4 rings (SSSR count). The Morgan fingerprint density at radius 2 is 1.85 bits per heavy atom. The van der Waals surface area contributed by atoms with Crippen molar-refractivity contribution in [2.24, 2.45) is 0 Å². The molecule has 0 saturated heterocycles. The molecule has 0 atom stereocenters. The second-order valence-corrected chi connectivity index (χ2v) is 6.51. The van der Waals surface area contributed by atoms with Crippen molar-refractivity contribution in [3.05, 3.63) is 82.9 Å². The summed E-state index contributed by atoms with van der Waals surface area (Å²) in [6.45, 7) is 2.03. The molecule has 0 radical (unpaired) electrons. The zero-order valence-electron chi connectivity index (χ0n) is 14.0. The molecule has 3 aromatic carbocycles. The van der Waals surface area contributed by atoms with E-state index in [1.807, 2.05) is 31.2 Å². The van der Waals surface area contributed by atoms with Gasteiger partial charge in [-0.2, -0.15) is 0 Å². The van der Waals surface area contributed by atoms with Gasteiger partial charge in [0, 0.05) is 21.8 Å². The third kappa shape index (κ3) is 3.19. The van der Waals surface area contributed by atoms with Crippen molar-refractivity contribution < 1.29 is 9.32 Å². The van der Waals surface area contributed by atoms with Crippen molar-refractivity contribution >= 4 is 34.1 Å². The summed E-state index contributed by atoms with van der Waals surface area (Å²) in [4.78, 5) is 12.6. The molecule has 1 N–H and O–H groups in total. The van der Waals surface area contributed by atoms with E-state index in [2.05, 4.69) is 10.5 Å². The number of rotatable bonds is 3. The summed E-state index contributed by atoms with van der Waals surface area (Å²) in [5, 5.41) is 8.30. The summed E-state index contributed by atoms with van der Waals surface area (Å²) in [6.07, 6.45) is 0. The number of hydrogen-bond acceptors (Lipinski definition) is 3. The SMILES string of the molecule is Cc1ccc(-c2onc3ccc(C(=O)Nc4cccc(Cl)c4)cc23)cc1. The van der Waals surface area contributed by atoms with Crippen molar-refractivity contribution in [3.63, 3.8) is 0 Å². The molecule has 128 valence electrons. The van der Waals surface area contributed by atoms with Crippen LogP contribution >= 0.6 is 11.6 Å². The Kier molecular flexibility index (Phi) is 4.19. The van der Waals surface area contributed by atoms with Crippen LogP contribution in [0.5, 0.6) is 0 Å². The standard InChI is InChI=1S/C21H15ClN2O2/c1-13-5-7-14(8-6-13)20-18-11-15(9-10-19(18)24-26-20)21(25)23-17-4-2-3-16(22)12-17/h2-12H,1H3,(H,23,25). The Morgan fingerprint density at radius 1 is 1.04 bits per heavy atom. The number of fused-ring (bicyclic) bond motifs is 1. The summed E-state index contributed by atoms with van der Waals surface area (Å²) in [5.41, 5.74) is 3.96. The normalized spacial score (nSPS) is 10.8. The third-order valence-corrected chi connectivity index (χ3v) is 4.37. The van der Waals surface area contributed by atoms with E-state index in [1.165, 1.54) is 5.56 Å². The molecule has 1 amide bonds. The number of amides is 1. The molecule has 4 nitrogen and oxygen atoms in total. The van der Waals surface area contributed by atoms with Crippen LogP contribution in [0.15, 0.2) is 71.3 Å². The lowest BCUT2D eigenvalue weighted by atomic mass is 10.0. The fourth-order valence-corrected chi connectivity index (χ4v) is 2.96. The van der Waals surface area contributed by atoms with Gasteiger partial charge < -0.3 is 9.84 Å². The quantitative estimate of drug-likeness (QED) is 0.508. The molecule has 5 heteroatoms. The highest BCUT2D eigenvalue weighted by molar-refractivity contribution is 6.31. The van der Waals surface area contributed by atoms with Crippen LogP contribution in [0.2, 0.25) is 5.02 Å². The van der Waals surface area contributed by atoms with Crippen molar-refractivity contribution in [2.75, 3.05) is 5.32 Å². The van der Waals surface area contributed by atoms with Gasteiger partial charge in [0.1, 0.15) is 5.52 Å². The Balaban J connectivity index is 1.69. The first kappa shape index (κ1) is 16.4. The molecule has 0 spiro atoms. The fraction of sp³-hybridized carbons (Fsp3) is 0.0476. The van der Waals surface area contributed by atoms with E-state index in [0.29, 0.717) is 27.6 Å². The summed E-state index contributed by atoms with van der Waals surface area (Å²) in [6, 6.07) is 20.3. The number of hydrogen-bond donors (Lipinski definition) is 1. The molecular formula is C21H15ClN2O2. The number of nitrogens with one attached hydrogen (secondary N) is 1. The van der Waals surface area contributed by atoms with E-state index in [4.69, 9.17) is 16.1 Å². The Bertz CT molecular complexity index is 1100. The van der Waals surface area contributed by atoms with Gasteiger partial charge in [-0.25, -0.2) is 0 Å². The Hall–Kier alpha value is -3.11. The van der Waals surface area contributed by atoms with Crippen LogP contribution in [0.4, 0.5) is 5.69 Å². The first-order valence-corrected chi connectivity index (χ1v) is 8.51. The monoisotopic (exact) mass is 362 g/mol. The van der Waals surface area contributed by atoms with Crippen LogP contribution < -0.4 is 5.32 Å². The van der Waals surface area contributed by atoms with Gasteiger partial charge in [0.25, 0.3) is 5.91 Å². The maximum absolute atomic E-state index is 12.6. The van der Waals surface area contributed by atoms with Crippen LogP contribution in [0.3, 0.4) is 0 Å². The molecule has 26 heavy (non-hydrogen) atoms. The van der Waals surface area contributed by atoms with Gasteiger partial charge in [0.2, 0.25) is 0 Å². The van der Waals surface area contributed by atoms with E-state index >= 15 is 0 Å². The van der Waals surface area contributed by atoms with Gasteiger partial charge in [0.05, 0.1) is 5.39 Å². The molecule has 0 fully saturated rings. The molecule has 4 aromatic rings. The predicted octanol–water partition coefficient (Wildman–Crippen LogP) is 5.71. The van der Waals surface area contributed by atoms with Crippen molar-refractivity contribution in [1.82, 2.24) is 5.16 Å². The minimum atomic E-state index is -0.217. The first-order chi connectivity index (χ1) is 12.6. The predicted molar refractivity (Wildman–Crippen MR) is 104 cm³/mol. The van der Waals surface area contributed by atoms with E-state index in [-0.39, 0.29) is 5.91 Å². The van der Waals surface area contributed by atoms with Gasteiger partial charge >= 0.3 is 0 Å². The number of aryl methyl sites for hydroxylation is 1. The molecule has 0 unspecified atom stereocenters. The lowest BCUT2D eigenvalue weighted by Gasteiger charge is -2.06. The number of carbonyl (C=O) groups excluding carboxylic acids is 1. The molecule has 0 saturated carbocycles. The maximum Gasteiger partial charge on any atom is 0.255 e. The van der Waals surface area contributed by atoms with Gasteiger partial charge in [-0.15, -0.1) is 0 Å². The van der Waals surface area contributed by atoms with Crippen LogP contribution in [0.25, 0.3) is 22.2 Å². The topological polar surface area (TPSA) is 55.1 Å². The molecule has 0 bridgehead atoms. The van der Waals surface area contributed by atoms with Crippen LogP contribution in [0.1, 0.15) is 15.9 Å². The van der Waals surface area contributed by atoms with Gasteiger partial charge in [-0.05, 0) is 43.3 Å². The Morgan fingerprint density at radius 3 is 2.62 bits per heavy atom. The highest BCUT2D eigenvalue weighted by atomic mass is 35.5. The Labute approximate surface area is 155 Å². The van der Waals surface area contributed by atoms with Crippen molar-refractivity contribution in [3.8, 4) is 11.3 Å². The highest BCUT2D eigenvalue weighted by Crippen LogP contribution is 2.29. The van der Waals surface area contributed by atoms with Crippen LogP contribution in [-0.4, -0.2) is 11.1 Å². The van der Waals surface area contributed by atoms with Crippen molar-refractivity contribution in [1.29, 1.82) is 0 Å². The minimum Gasteiger partial charge on any atom is -0.355 e. The zero-order chi connectivity index (χ0) is 18.1. The van der Waals surface area contributed by atoms with Gasteiger partial charge in [0.15, 0.2) is 5.76 Å². The lowest BCUT2D eigenvalue weighted by molar-refractivity contribution is 0.102. The molecule has 1 heterocycles. The average molecular weight is 363 g/mol. The minimum absolute atomic E-state index is 0.217. The van der Waals surface area contributed by atoms with Gasteiger partial charge in [-0.3, -0.25) is 4.79 Å². The van der Waals surface area contributed by atoms with Crippen molar-refractivity contribution in [2.45, 2.75) is 6.92 Å². The van der Waals surface area contributed by atoms with Crippen LogP contribution in [-0.2, 0) is 0 Å². The molecule has 0 aliphatic carbocycles. The largest absolute Gasteiger partial charge is 0.355 e. The lowest BCUT2D eigenvalue weighted by Crippen LogP contribution is -2.11. The molecule has 0 aliphatic rings. The first-order valence-electron chi connectivity index (χ1n) is 8.13. The van der Waals surface area contributed by atoms with Gasteiger partial charge in [-0.1, -0.05) is 52.7 Å². The number of aromatic nitrogens is 1. The average Bonchev–Trinajstić information content (AvgIpc) is 3.05. The summed E-state index contributed by atoms with van der Waals surface area (Å²) in [5.74, 6) is 0.433. The summed E-state index contributed by atoms with van der Waals surface area (Å²) < 4.78 is 5.51. The zero-order valence-corrected chi connectivity index (χ0v) is 14.7. The van der Waals surface area contributed by atoms with E-state index in [0.717, 1.165) is 10.9 Å². The molecule has 0 aliphatic heterocycles. The number of halogens is 1. The number of carbonyl (C=O) groups is 1. The summed E-state index contributed by atoms with van der Waals surface area (Å²) in [7, 11) is 0. The molecular weight excluding hydrogens is 348 g/mol. The van der Waals surface area contributed by atoms with E-state index < -0.39 is 0 Å². The molecule has 1 aromatic heterocycles. The number of nitrogens with zero attached hydrogens (tertiary/aromatic N) is 1. The smallest absolute Gasteiger partial charge is 0.255 e. The van der Waals surface area contributed by atoms with E-state index in [9.17, 15) is 4.79 Å². The fourth-order valence-electron chi connectivity index (χ4n) is 2.77. The highest BCUT2D eigenvalue weighted by Gasteiger charge is 2.14.